The first-order valence-electron chi connectivity index (χ1n) is 7.58. The normalized spacial score (nSPS) is 12.6. The lowest BCUT2D eigenvalue weighted by atomic mass is 9.88. The molecule has 0 bridgehead atoms. The molecule has 1 aromatic heterocycles. The van der Waals surface area contributed by atoms with Crippen LogP contribution in [-0.2, 0) is 11.2 Å². The molecule has 1 atom stereocenters. The van der Waals surface area contributed by atoms with Gasteiger partial charge in [-0.15, -0.1) is 0 Å². The summed E-state index contributed by atoms with van der Waals surface area (Å²) in [5.41, 5.74) is 5.61. The molecule has 5 heteroatoms. The molecule has 1 heterocycles. The van der Waals surface area contributed by atoms with Gasteiger partial charge in [-0.3, -0.25) is 4.79 Å². The first-order chi connectivity index (χ1) is 9.63. The molecule has 0 aliphatic heterocycles. The zero-order valence-corrected chi connectivity index (χ0v) is 12.7. The molecule has 0 aromatic carbocycles. The Morgan fingerprint density at radius 2 is 2.25 bits per heavy atom. The number of aromatic nitrogens is 2. The number of nitrogens with one attached hydrogen (secondary N) is 2. The summed E-state index contributed by atoms with van der Waals surface area (Å²) >= 11 is 0. The van der Waals surface area contributed by atoms with Crippen molar-refractivity contribution in [3.63, 3.8) is 0 Å². The van der Waals surface area contributed by atoms with Crippen LogP contribution < -0.4 is 11.1 Å². The van der Waals surface area contributed by atoms with Gasteiger partial charge in [-0.25, -0.2) is 4.98 Å². The summed E-state index contributed by atoms with van der Waals surface area (Å²) in [6.45, 7) is 5.81. The average molecular weight is 280 g/mol. The number of aromatic amines is 1. The van der Waals surface area contributed by atoms with Crippen LogP contribution in [-0.4, -0.2) is 29.0 Å². The van der Waals surface area contributed by atoms with Crippen LogP contribution >= 0.6 is 0 Å². The summed E-state index contributed by atoms with van der Waals surface area (Å²) in [7, 11) is 0. The number of hydrogen-bond acceptors (Lipinski definition) is 3. The van der Waals surface area contributed by atoms with Crippen molar-refractivity contribution in [2.45, 2.75) is 46.0 Å². The lowest BCUT2D eigenvalue weighted by Gasteiger charge is -2.19. The highest BCUT2D eigenvalue weighted by atomic mass is 16.1. The molecule has 5 nitrogen and oxygen atoms in total. The van der Waals surface area contributed by atoms with Crippen LogP contribution in [0.2, 0.25) is 0 Å². The summed E-state index contributed by atoms with van der Waals surface area (Å²) in [6.07, 6.45) is 7.88. The lowest BCUT2D eigenvalue weighted by molar-refractivity contribution is -0.121. The zero-order valence-electron chi connectivity index (χ0n) is 12.7. The summed E-state index contributed by atoms with van der Waals surface area (Å²) in [5.74, 6) is 2.26. The van der Waals surface area contributed by atoms with E-state index < -0.39 is 0 Å². The molecule has 1 rings (SSSR count). The lowest BCUT2D eigenvalue weighted by Crippen LogP contribution is -2.26. The summed E-state index contributed by atoms with van der Waals surface area (Å²) in [4.78, 5) is 19.0. The van der Waals surface area contributed by atoms with Gasteiger partial charge in [0.1, 0.15) is 5.82 Å². The number of carbonyl (C=O) groups excluding carboxylic acids is 1. The number of imidazole rings is 1. The van der Waals surface area contributed by atoms with Gasteiger partial charge in [0.15, 0.2) is 0 Å². The maximum absolute atomic E-state index is 11.8. The third kappa shape index (κ3) is 6.70. The van der Waals surface area contributed by atoms with Crippen LogP contribution in [0, 0.1) is 11.8 Å². The highest BCUT2D eigenvalue weighted by Gasteiger charge is 2.14. The Labute approximate surface area is 121 Å². The minimum Gasteiger partial charge on any atom is -0.356 e. The van der Waals surface area contributed by atoms with E-state index >= 15 is 0 Å². The summed E-state index contributed by atoms with van der Waals surface area (Å²) < 4.78 is 0. The van der Waals surface area contributed by atoms with Gasteiger partial charge in [-0.2, -0.15) is 0 Å². The Hall–Kier alpha value is -1.36. The molecule has 0 saturated carbocycles. The fourth-order valence-electron chi connectivity index (χ4n) is 2.35. The van der Waals surface area contributed by atoms with Crippen LogP contribution in [0.5, 0.6) is 0 Å². The number of amides is 1. The van der Waals surface area contributed by atoms with E-state index in [1.807, 2.05) is 6.20 Å². The van der Waals surface area contributed by atoms with Gasteiger partial charge in [-0.1, -0.05) is 13.8 Å². The molecule has 0 spiro atoms. The number of aryl methyl sites for hydroxylation is 1. The number of carbonyl (C=O) groups is 1. The van der Waals surface area contributed by atoms with Crippen molar-refractivity contribution in [3.05, 3.63) is 18.2 Å². The van der Waals surface area contributed by atoms with Gasteiger partial charge in [0.05, 0.1) is 0 Å². The molecule has 1 amide bonds. The molecule has 1 unspecified atom stereocenters. The molecular weight excluding hydrogens is 252 g/mol. The molecule has 0 aliphatic rings. The molecule has 0 aliphatic carbocycles. The second kappa shape index (κ2) is 9.53. The van der Waals surface area contributed by atoms with Crippen molar-refractivity contribution in [2.75, 3.05) is 13.1 Å². The topological polar surface area (TPSA) is 83.8 Å². The smallest absolute Gasteiger partial charge is 0.220 e. The minimum atomic E-state index is 0.145. The van der Waals surface area contributed by atoms with E-state index in [1.165, 1.54) is 0 Å². The second-order valence-electron chi connectivity index (χ2n) is 5.61. The summed E-state index contributed by atoms with van der Waals surface area (Å²) in [6, 6.07) is 0. The highest BCUT2D eigenvalue weighted by molar-refractivity contribution is 5.75. The summed E-state index contributed by atoms with van der Waals surface area (Å²) in [5, 5.41) is 2.97. The minimum absolute atomic E-state index is 0.145. The first kappa shape index (κ1) is 16.7. The quantitative estimate of drug-likeness (QED) is 0.572. The average Bonchev–Trinajstić information content (AvgIpc) is 2.92. The van der Waals surface area contributed by atoms with Gasteiger partial charge < -0.3 is 16.0 Å². The van der Waals surface area contributed by atoms with E-state index in [0.717, 1.165) is 31.5 Å². The van der Waals surface area contributed by atoms with Crippen LogP contribution in [0.4, 0.5) is 0 Å². The predicted molar refractivity (Wildman–Crippen MR) is 81.2 cm³/mol. The van der Waals surface area contributed by atoms with Gasteiger partial charge in [-0.05, 0) is 37.6 Å². The fourth-order valence-corrected chi connectivity index (χ4v) is 2.35. The Morgan fingerprint density at radius 3 is 2.85 bits per heavy atom. The molecule has 20 heavy (non-hydrogen) atoms. The van der Waals surface area contributed by atoms with E-state index in [-0.39, 0.29) is 5.91 Å². The van der Waals surface area contributed by atoms with Crippen LogP contribution in [0.3, 0.4) is 0 Å². The number of nitrogens with two attached hydrogens (primary N) is 1. The van der Waals surface area contributed by atoms with Crippen LogP contribution in [0.15, 0.2) is 12.4 Å². The Morgan fingerprint density at radius 1 is 1.45 bits per heavy atom. The molecule has 114 valence electrons. The zero-order chi connectivity index (χ0) is 14.8. The molecule has 0 radical (unpaired) electrons. The van der Waals surface area contributed by atoms with Gasteiger partial charge in [0.2, 0.25) is 5.91 Å². The molecule has 4 N–H and O–H groups in total. The maximum Gasteiger partial charge on any atom is 0.220 e. The SMILES string of the molecule is CC(C)C(CCN)CCC(=O)NCCCc1ncc[nH]1. The maximum atomic E-state index is 11.8. The third-order valence-electron chi connectivity index (χ3n) is 3.69. The van der Waals surface area contributed by atoms with Crippen molar-refractivity contribution in [2.24, 2.45) is 17.6 Å². The molecule has 0 fully saturated rings. The predicted octanol–water partition coefficient (Wildman–Crippen LogP) is 1.86. The number of hydrogen-bond donors (Lipinski definition) is 3. The monoisotopic (exact) mass is 280 g/mol. The van der Waals surface area contributed by atoms with Crippen molar-refractivity contribution >= 4 is 5.91 Å². The number of H-pyrrole nitrogens is 1. The van der Waals surface area contributed by atoms with Gasteiger partial charge >= 0.3 is 0 Å². The third-order valence-corrected chi connectivity index (χ3v) is 3.69. The second-order valence-corrected chi connectivity index (χ2v) is 5.61. The highest BCUT2D eigenvalue weighted by Crippen LogP contribution is 2.20. The van der Waals surface area contributed by atoms with E-state index in [0.29, 0.717) is 31.3 Å². The van der Waals surface area contributed by atoms with E-state index in [9.17, 15) is 4.79 Å². The standard InChI is InChI=1S/C15H28N4O/c1-12(2)13(7-8-16)5-6-15(20)19-9-3-4-14-17-10-11-18-14/h10-13H,3-9,16H2,1-2H3,(H,17,18)(H,19,20). The Kier molecular flexibility index (Phi) is 7.95. The van der Waals surface area contributed by atoms with Crippen molar-refractivity contribution in [1.29, 1.82) is 0 Å². The van der Waals surface area contributed by atoms with Crippen molar-refractivity contribution in [1.82, 2.24) is 15.3 Å². The van der Waals surface area contributed by atoms with Crippen LogP contribution in [0.25, 0.3) is 0 Å². The van der Waals surface area contributed by atoms with E-state index in [1.54, 1.807) is 6.20 Å². The Balaban J connectivity index is 2.10. The van der Waals surface area contributed by atoms with Gasteiger partial charge in [0.25, 0.3) is 0 Å². The molecular formula is C15H28N4O. The molecule has 1 aromatic rings. The largest absolute Gasteiger partial charge is 0.356 e. The Bertz CT molecular complexity index is 362. The van der Waals surface area contributed by atoms with E-state index in [4.69, 9.17) is 5.73 Å². The fraction of sp³-hybridized carbons (Fsp3) is 0.733. The first-order valence-corrected chi connectivity index (χ1v) is 7.58. The molecule has 0 saturated heterocycles. The number of rotatable bonds is 10. The van der Waals surface area contributed by atoms with Crippen molar-refractivity contribution < 1.29 is 4.79 Å². The van der Waals surface area contributed by atoms with E-state index in [2.05, 4.69) is 29.1 Å². The number of nitrogens with zero attached hydrogens (tertiary/aromatic N) is 1. The van der Waals surface area contributed by atoms with Gasteiger partial charge in [0, 0.05) is 31.8 Å². The van der Waals surface area contributed by atoms with Crippen LogP contribution in [0.1, 0.15) is 45.4 Å². The van der Waals surface area contributed by atoms with Crippen molar-refractivity contribution in [3.8, 4) is 0 Å².